The Bertz CT molecular complexity index is 766. The first-order chi connectivity index (χ1) is 10.7. The van der Waals surface area contributed by atoms with E-state index in [9.17, 15) is 0 Å². The number of halogens is 1. The number of nitrogens with zero attached hydrogens (tertiary/aromatic N) is 2. The summed E-state index contributed by atoms with van der Waals surface area (Å²) in [7, 11) is 0. The minimum atomic E-state index is 0. The average molecular weight is 440 g/mol. The van der Waals surface area contributed by atoms with Crippen LogP contribution in [0.2, 0.25) is 0 Å². The Balaban J connectivity index is 0.00000192. The molecular formula is C16H17IN4OS. The summed E-state index contributed by atoms with van der Waals surface area (Å²) in [6.07, 6.45) is 1.64. The van der Waals surface area contributed by atoms with Gasteiger partial charge in [-0.2, -0.15) is 0 Å². The molecule has 0 aliphatic rings. The Morgan fingerprint density at radius 3 is 2.78 bits per heavy atom. The second-order valence-corrected chi connectivity index (χ2v) is 5.67. The van der Waals surface area contributed by atoms with E-state index in [0.717, 1.165) is 22.1 Å². The van der Waals surface area contributed by atoms with Gasteiger partial charge in [0.2, 0.25) is 0 Å². The molecule has 0 amide bonds. The Labute approximate surface area is 155 Å². The summed E-state index contributed by atoms with van der Waals surface area (Å²) in [6, 6.07) is 11.7. The zero-order valence-electron chi connectivity index (χ0n) is 12.5. The summed E-state index contributed by atoms with van der Waals surface area (Å²) in [6.45, 7) is 2.47. The molecule has 0 bridgehead atoms. The van der Waals surface area contributed by atoms with Crippen LogP contribution < -0.4 is 11.1 Å². The van der Waals surface area contributed by atoms with Crippen LogP contribution in [0, 0.1) is 6.92 Å². The summed E-state index contributed by atoms with van der Waals surface area (Å²) in [5.74, 6) is 1.14. The Morgan fingerprint density at radius 1 is 1.30 bits per heavy atom. The lowest BCUT2D eigenvalue weighted by Crippen LogP contribution is -2.22. The van der Waals surface area contributed by atoms with Crippen LogP contribution in [0.4, 0.5) is 5.69 Å². The average Bonchev–Trinajstić information content (AvgIpc) is 3.18. The van der Waals surface area contributed by atoms with Crippen LogP contribution >= 0.6 is 35.3 Å². The zero-order chi connectivity index (χ0) is 15.4. The Kier molecular flexibility index (Phi) is 6.17. The topological polar surface area (TPSA) is 76.4 Å². The smallest absolute Gasteiger partial charge is 0.193 e. The lowest BCUT2D eigenvalue weighted by Gasteiger charge is -2.05. The van der Waals surface area contributed by atoms with Gasteiger partial charge in [0.05, 0.1) is 18.5 Å². The molecule has 0 saturated carbocycles. The van der Waals surface area contributed by atoms with Crippen molar-refractivity contribution in [2.24, 2.45) is 10.7 Å². The second-order valence-electron chi connectivity index (χ2n) is 4.81. The number of rotatable bonds is 4. The predicted molar refractivity (Wildman–Crippen MR) is 105 cm³/mol. The molecule has 0 saturated heterocycles. The monoisotopic (exact) mass is 440 g/mol. The molecule has 0 spiro atoms. The quantitative estimate of drug-likeness (QED) is 0.361. The van der Waals surface area contributed by atoms with E-state index in [4.69, 9.17) is 10.2 Å². The van der Waals surface area contributed by atoms with E-state index < -0.39 is 0 Å². The number of aliphatic imine (C=N–C) groups is 1. The summed E-state index contributed by atoms with van der Waals surface area (Å²) < 4.78 is 5.32. The van der Waals surface area contributed by atoms with Crippen LogP contribution in [0.15, 0.2) is 57.5 Å². The normalized spacial score (nSPS) is 11.1. The molecule has 0 atom stereocenters. The highest BCUT2D eigenvalue weighted by Crippen LogP contribution is 2.24. The highest BCUT2D eigenvalue weighted by molar-refractivity contribution is 14.0. The van der Waals surface area contributed by atoms with E-state index in [2.05, 4.69) is 15.3 Å². The Morgan fingerprint density at radius 2 is 2.09 bits per heavy atom. The van der Waals surface area contributed by atoms with Crippen molar-refractivity contribution in [1.29, 1.82) is 0 Å². The number of nitrogens with one attached hydrogen (secondary N) is 1. The van der Waals surface area contributed by atoms with Crippen molar-refractivity contribution in [1.82, 2.24) is 4.98 Å². The fourth-order valence-corrected chi connectivity index (χ4v) is 2.66. The van der Waals surface area contributed by atoms with Gasteiger partial charge >= 0.3 is 0 Å². The molecule has 0 unspecified atom stereocenters. The number of benzene rings is 1. The molecule has 23 heavy (non-hydrogen) atoms. The van der Waals surface area contributed by atoms with Crippen molar-refractivity contribution >= 4 is 47.0 Å². The van der Waals surface area contributed by atoms with Gasteiger partial charge in [-0.1, -0.05) is 17.7 Å². The van der Waals surface area contributed by atoms with Crippen molar-refractivity contribution in [2.45, 2.75) is 13.5 Å². The van der Waals surface area contributed by atoms with Gasteiger partial charge in [-0.05, 0) is 31.2 Å². The molecule has 1 aromatic carbocycles. The molecule has 0 fully saturated rings. The van der Waals surface area contributed by atoms with Crippen molar-refractivity contribution in [3.63, 3.8) is 0 Å². The maximum absolute atomic E-state index is 5.89. The molecule has 2 aromatic heterocycles. The molecule has 120 valence electrons. The molecule has 3 N–H and O–H groups in total. The molecule has 2 heterocycles. The fourth-order valence-electron chi connectivity index (χ4n) is 1.88. The molecule has 3 aromatic rings. The first-order valence-electron chi connectivity index (χ1n) is 6.82. The van der Waals surface area contributed by atoms with E-state index >= 15 is 0 Å². The number of furan rings is 1. The second kappa shape index (κ2) is 8.11. The number of aromatic nitrogens is 1. The van der Waals surface area contributed by atoms with Crippen molar-refractivity contribution in [3.8, 4) is 10.8 Å². The minimum absolute atomic E-state index is 0. The van der Waals surface area contributed by atoms with Crippen LogP contribution in [0.1, 0.15) is 11.3 Å². The standard InChI is InChI=1S/C16H16N4OS.HI/c1-11-4-6-12(7-5-11)20-16(17)18-9-13-10-22-15(19-13)14-3-2-8-21-14;/h2-8,10H,9H2,1H3,(H3,17,18,20);1H. The molecule has 5 nitrogen and oxygen atoms in total. The predicted octanol–water partition coefficient (Wildman–Crippen LogP) is 4.26. The van der Waals surface area contributed by atoms with Gasteiger partial charge in [-0.25, -0.2) is 9.98 Å². The zero-order valence-corrected chi connectivity index (χ0v) is 15.7. The number of anilines is 1. The number of aryl methyl sites for hydroxylation is 1. The fraction of sp³-hybridized carbons (Fsp3) is 0.125. The van der Waals surface area contributed by atoms with Crippen molar-refractivity contribution < 1.29 is 4.42 Å². The lowest BCUT2D eigenvalue weighted by atomic mass is 10.2. The summed E-state index contributed by atoms with van der Waals surface area (Å²) in [4.78, 5) is 8.78. The number of hydrogen-bond donors (Lipinski definition) is 2. The van der Waals surface area contributed by atoms with Gasteiger partial charge in [-0.15, -0.1) is 35.3 Å². The lowest BCUT2D eigenvalue weighted by molar-refractivity contribution is 0.581. The van der Waals surface area contributed by atoms with Crippen LogP contribution in [-0.2, 0) is 6.54 Å². The first kappa shape index (κ1) is 17.5. The third-order valence-electron chi connectivity index (χ3n) is 3.02. The van der Waals surface area contributed by atoms with Gasteiger partial charge in [0.1, 0.15) is 0 Å². The summed E-state index contributed by atoms with van der Waals surface area (Å²) in [5.41, 5.74) is 8.88. The molecule has 0 aliphatic carbocycles. The first-order valence-corrected chi connectivity index (χ1v) is 7.70. The highest BCUT2D eigenvalue weighted by atomic mass is 127. The van der Waals surface area contributed by atoms with E-state index in [1.165, 1.54) is 16.9 Å². The van der Waals surface area contributed by atoms with Gasteiger partial charge in [0.15, 0.2) is 16.7 Å². The Hall–Kier alpha value is -1.87. The maximum Gasteiger partial charge on any atom is 0.193 e. The molecule has 0 radical (unpaired) electrons. The van der Waals surface area contributed by atoms with Crippen molar-refractivity contribution in [3.05, 3.63) is 59.3 Å². The summed E-state index contributed by atoms with van der Waals surface area (Å²) in [5, 5.41) is 5.86. The number of hydrogen-bond acceptors (Lipinski definition) is 4. The van der Waals surface area contributed by atoms with Crippen LogP contribution in [-0.4, -0.2) is 10.9 Å². The van der Waals surface area contributed by atoms with E-state index in [1.54, 1.807) is 6.26 Å². The number of guanidine groups is 1. The van der Waals surface area contributed by atoms with Crippen LogP contribution in [0.25, 0.3) is 10.8 Å². The van der Waals surface area contributed by atoms with Gasteiger partial charge in [0.25, 0.3) is 0 Å². The van der Waals surface area contributed by atoms with E-state index in [-0.39, 0.29) is 24.0 Å². The molecule has 7 heteroatoms. The van der Waals surface area contributed by atoms with Crippen LogP contribution in [0.5, 0.6) is 0 Å². The van der Waals surface area contributed by atoms with E-state index in [0.29, 0.717) is 12.5 Å². The largest absolute Gasteiger partial charge is 0.462 e. The minimum Gasteiger partial charge on any atom is -0.462 e. The SMILES string of the molecule is Cc1ccc(NC(N)=NCc2csc(-c3ccco3)n2)cc1.I. The van der Waals surface area contributed by atoms with Crippen LogP contribution in [0.3, 0.4) is 0 Å². The van der Waals surface area contributed by atoms with Crippen molar-refractivity contribution in [2.75, 3.05) is 5.32 Å². The van der Waals surface area contributed by atoms with Gasteiger partial charge in [-0.3, -0.25) is 0 Å². The maximum atomic E-state index is 5.89. The van der Waals surface area contributed by atoms with Gasteiger partial charge in [0, 0.05) is 11.1 Å². The van der Waals surface area contributed by atoms with E-state index in [1.807, 2.05) is 48.7 Å². The molecular weight excluding hydrogens is 423 g/mol. The third-order valence-corrected chi connectivity index (χ3v) is 3.92. The highest BCUT2D eigenvalue weighted by Gasteiger charge is 2.06. The summed E-state index contributed by atoms with van der Waals surface area (Å²) >= 11 is 1.53. The number of nitrogens with two attached hydrogens (primary N) is 1. The third kappa shape index (κ3) is 4.80. The molecule has 0 aliphatic heterocycles. The van der Waals surface area contributed by atoms with Gasteiger partial charge < -0.3 is 15.5 Å². The molecule has 3 rings (SSSR count). The number of thiazole rings is 1.